The van der Waals surface area contributed by atoms with Crippen molar-refractivity contribution >= 4 is 16.6 Å². The number of pyridine rings is 1. The smallest absolute Gasteiger partial charge is 0.163 e. The summed E-state index contributed by atoms with van der Waals surface area (Å²) in [5, 5.41) is 1.98. The van der Waals surface area contributed by atoms with E-state index in [4.69, 9.17) is 5.73 Å². The lowest BCUT2D eigenvalue weighted by molar-refractivity contribution is 0.0963. The minimum atomic E-state index is 0.170. The number of rotatable bonds is 5. The van der Waals surface area contributed by atoms with Crippen LogP contribution in [0.2, 0.25) is 0 Å². The van der Waals surface area contributed by atoms with Gasteiger partial charge in [0.15, 0.2) is 5.78 Å². The molecule has 2 N–H and O–H groups in total. The van der Waals surface area contributed by atoms with Gasteiger partial charge in [-0.1, -0.05) is 31.5 Å². The van der Waals surface area contributed by atoms with Crippen molar-refractivity contribution in [2.75, 3.05) is 6.54 Å². The monoisotopic (exact) mass is 242 g/mol. The first-order valence-corrected chi connectivity index (χ1v) is 6.32. The molecule has 0 radical (unpaired) electrons. The molecule has 1 atom stereocenters. The van der Waals surface area contributed by atoms with Crippen molar-refractivity contribution < 1.29 is 4.79 Å². The van der Waals surface area contributed by atoms with E-state index < -0.39 is 0 Å². The number of carbonyl (C=O) groups excluding carboxylic acids is 1. The molecule has 0 amide bonds. The Hall–Kier alpha value is -1.74. The number of fused-ring (bicyclic) bond motifs is 1. The molecular weight excluding hydrogens is 224 g/mol. The van der Waals surface area contributed by atoms with E-state index in [0.29, 0.717) is 13.0 Å². The lowest BCUT2D eigenvalue weighted by Gasteiger charge is -2.12. The van der Waals surface area contributed by atoms with Crippen LogP contribution < -0.4 is 5.73 Å². The summed E-state index contributed by atoms with van der Waals surface area (Å²) < 4.78 is 0. The second kappa shape index (κ2) is 5.74. The van der Waals surface area contributed by atoms with Gasteiger partial charge in [-0.25, -0.2) is 0 Å². The van der Waals surface area contributed by atoms with Crippen LogP contribution in [-0.4, -0.2) is 17.3 Å². The number of ketones is 1. The number of nitrogens with zero attached hydrogens (tertiary/aromatic N) is 1. The van der Waals surface area contributed by atoms with Crippen LogP contribution in [0.3, 0.4) is 0 Å². The van der Waals surface area contributed by atoms with Gasteiger partial charge in [0.25, 0.3) is 0 Å². The Morgan fingerprint density at radius 3 is 2.94 bits per heavy atom. The molecule has 18 heavy (non-hydrogen) atoms. The van der Waals surface area contributed by atoms with E-state index in [1.54, 1.807) is 12.4 Å². The van der Waals surface area contributed by atoms with Crippen LogP contribution in [-0.2, 0) is 0 Å². The van der Waals surface area contributed by atoms with Gasteiger partial charge in [0, 0.05) is 29.8 Å². The van der Waals surface area contributed by atoms with Gasteiger partial charge < -0.3 is 5.73 Å². The minimum absolute atomic E-state index is 0.170. The van der Waals surface area contributed by atoms with E-state index in [1.807, 2.05) is 24.3 Å². The van der Waals surface area contributed by atoms with Crippen LogP contribution >= 0.6 is 0 Å². The van der Waals surface area contributed by atoms with Gasteiger partial charge in [-0.3, -0.25) is 9.78 Å². The molecule has 3 heteroatoms. The number of hydrogen-bond acceptors (Lipinski definition) is 3. The van der Waals surface area contributed by atoms with E-state index in [-0.39, 0.29) is 11.7 Å². The van der Waals surface area contributed by atoms with Gasteiger partial charge in [-0.2, -0.15) is 0 Å². The van der Waals surface area contributed by atoms with Crippen LogP contribution in [0.4, 0.5) is 0 Å². The van der Waals surface area contributed by atoms with Crippen molar-refractivity contribution in [2.45, 2.75) is 19.8 Å². The number of carbonyl (C=O) groups is 1. The second-order valence-electron chi connectivity index (χ2n) is 4.54. The standard InChI is InChI=1S/C15H18N2O/c1-2-11(9-16)8-15(18)14-5-3-4-12-10-17-7-6-13(12)14/h3-7,10-11H,2,8-9,16H2,1H3. The summed E-state index contributed by atoms with van der Waals surface area (Å²) in [4.78, 5) is 16.4. The van der Waals surface area contributed by atoms with Crippen LogP contribution in [0.15, 0.2) is 36.7 Å². The zero-order valence-electron chi connectivity index (χ0n) is 10.6. The first kappa shape index (κ1) is 12.7. The Morgan fingerprint density at radius 2 is 2.22 bits per heavy atom. The van der Waals surface area contributed by atoms with E-state index in [0.717, 1.165) is 22.8 Å². The Kier molecular flexibility index (Phi) is 4.05. The van der Waals surface area contributed by atoms with Crippen LogP contribution in [0.1, 0.15) is 30.1 Å². The average Bonchev–Trinajstić information content (AvgIpc) is 2.43. The Balaban J connectivity index is 2.33. The predicted molar refractivity (Wildman–Crippen MR) is 73.5 cm³/mol. The van der Waals surface area contributed by atoms with Gasteiger partial charge in [0.2, 0.25) is 0 Å². The summed E-state index contributed by atoms with van der Waals surface area (Å²) >= 11 is 0. The molecule has 0 fully saturated rings. The van der Waals surface area contributed by atoms with Crippen molar-refractivity contribution in [2.24, 2.45) is 11.7 Å². The topological polar surface area (TPSA) is 56.0 Å². The molecule has 1 heterocycles. The summed E-state index contributed by atoms with van der Waals surface area (Å²) in [5.41, 5.74) is 6.44. The highest BCUT2D eigenvalue weighted by atomic mass is 16.1. The molecule has 2 rings (SSSR count). The highest BCUT2D eigenvalue weighted by Gasteiger charge is 2.14. The number of aromatic nitrogens is 1. The fourth-order valence-corrected chi connectivity index (χ4v) is 2.13. The molecule has 1 aromatic carbocycles. The largest absolute Gasteiger partial charge is 0.330 e. The fraction of sp³-hybridized carbons (Fsp3) is 0.333. The third kappa shape index (κ3) is 2.57. The highest BCUT2D eigenvalue weighted by Crippen LogP contribution is 2.21. The summed E-state index contributed by atoms with van der Waals surface area (Å²) in [7, 11) is 0. The van der Waals surface area contributed by atoms with Crippen molar-refractivity contribution in [1.29, 1.82) is 0 Å². The molecule has 0 aliphatic rings. The maximum absolute atomic E-state index is 12.3. The lowest BCUT2D eigenvalue weighted by atomic mass is 9.94. The van der Waals surface area contributed by atoms with Gasteiger partial charge in [0.05, 0.1) is 0 Å². The molecule has 3 nitrogen and oxygen atoms in total. The van der Waals surface area contributed by atoms with Gasteiger partial charge in [0.1, 0.15) is 0 Å². The first-order chi connectivity index (χ1) is 8.76. The van der Waals surface area contributed by atoms with Crippen LogP contribution in [0.5, 0.6) is 0 Å². The molecule has 2 aromatic rings. The average molecular weight is 242 g/mol. The lowest BCUT2D eigenvalue weighted by Crippen LogP contribution is -2.17. The van der Waals surface area contributed by atoms with E-state index >= 15 is 0 Å². The maximum atomic E-state index is 12.3. The van der Waals surface area contributed by atoms with Crippen molar-refractivity contribution in [3.8, 4) is 0 Å². The van der Waals surface area contributed by atoms with Gasteiger partial charge >= 0.3 is 0 Å². The molecule has 0 aliphatic carbocycles. The molecule has 0 bridgehead atoms. The fourth-order valence-electron chi connectivity index (χ4n) is 2.13. The van der Waals surface area contributed by atoms with Crippen LogP contribution in [0, 0.1) is 5.92 Å². The molecule has 0 saturated carbocycles. The van der Waals surface area contributed by atoms with Gasteiger partial charge in [-0.05, 0) is 23.9 Å². The van der Waals surface area contributed by atoms with Crippen molar-refractivity contribution in [3.63, 3.8) is 0 Å². The van der Waals surface area contributed by atoms with E-state index in [2.05, 4.69) is 11.9 Å². The van der Waals surface area contributed by atoms with Gasteiger partial charge in [-0.15, -0.1) is 0 Å². The number of benzene rings is 1. The van der Waals surface area contributed by atoms with E-state index in [9.17, 15) is 4.79 Å². The van der Waals surface area contributed by atoms with Crippen LogP contribution in [0.25, 0.3) is 10.8 Å². The van der Waals surface area contributed by atoms with Crippen molar-refractivity contribution in [1.82, 2.24) is 4.98 Å². The normalized spacial score (nSPS) is 12.6. The Bertz CT molecular complexity index is 542. The zero-order valence-corrected chi connectivity index (χ0v) is 10.6. The highest BCUT2D eigenvalue weighted by molar-refractivity contribution is 6.07. The molecule has 0 aliphatic heterocycles. The van der Waals surface area contributed by atoms with Crippen molar-refractivity contribution in [3.05, 3.63) is 42.2 Å². The summed E-state index contributed by atoms with van der Waals surface area (Å²) in [5.74, 6) is 0.443. The van der Waals surface area contributed by atoms with E-state index in [1.165, 1.54) is 0 Å². The maximum Gasteiger partial charge on any atom is 0.163 e. The molecule has 1 unspecified atom stereocenters. The third-order valence-corrected chi connectivity index (χ3v) is 3.37. The molecule has 0 saturated heterocycles. The molecule has 94 valence electrons. The molecule has 1 aromatic heterocycles. The summed E-state index contributed by atoms with van der Waals surface area (Å²) in [6.45, 7) is 2.63. The SMILES string of the molecule is CCC(CN)CC(=O)c1cccc2cnccc12. The second-order valence-corrected chi connectivity index (χ2v) is 4.54. The Labute approximate surface area is 107 Å². The molecular formula is C15H18N2O. The third-order valence-electron chi connectivity index (χ3n) is 3.37. The first-order valence-electron chi connectivity index (χ1n) is 6.32. The molecule has 0 spiro atoms. The zero-order chi connectivity index (χ0) is 13.0. The summed E-state index contributed by atoms with van der Waals surface area (Å²) in [6, 6.07) is 7.65. The quantitative estimate of drug-likeness (QED) is 0.820. The number of Topliss-reactive ketones (excluding diaryl/α,β-unsaturated/α-hetero) is 1. The summed E-state index contributed by atoms with van der Waals surface area (Å²) in [6.07, 6.45) is 4.97. The number of nitrogens with two attached hydrogens (primary N) is 1. The minimum Gasteiger partial charge on any atom is -0.330 e. The number of hydrogen-bond donors (Lipinski definition) is 1. The Morgan fingerprint density at radius 1 is 1.39 bits per heavy atom. The predicted octanol–water partition coefficient (Wildman–Crippen LogP) is 2.79.